The van der Waals surface area contributed by atoms with E-state index in [9.17, 15) is 9.59 Å². The third-order valence-corrected chi connectivity index (χ3v) is 7.29. The van der Waals surface area contributed by atoms with E-state index in [1.807, 2.05) is 0 Å². The predicted octanol–water partition coefficient (Wildman–Crippen LogP) is 4.37. The second-order valence-corrected chi connectivity index (χ2v) is 9.73. The van der Waals surface area contributed by atoms with Crippen LogP contribution in [0.25, 0.3) is 10.2 Å². The third kappa shape index (κ3) is 3.83. The lowest BCUT2D eigenvalue weighted by Crippen LogP contribution is -2.26. The summed E-state index contributed by atoms with van der Waals surface area (Å²) in [5.41, 5.74) is 1.68. The van der Waals surface area contributed by atoms with Crippen molar-refractivity contribution in [2.75, 3.05) is 12.1 Å². The summed E-state index contributed by atoms with van der Waals surface area (Å²) in [6.07, 6.45) is 3.93. The summed E-state index contributed by atoms with van der Waals surface area (Å²) in [6.45, 7) is 6.10. The number of allylic oxidation sites excluding steroid dienone is 1. The second-order valence-electron chi connectivity index (χ2n) is 7.56. The molecule has 0 saturated heterocycles. The van der Waals surface area contributed by atoms with Crippen molar-refractivity contribution in [2.45, 2.75) is 42.6 Å². The second kappa shape index (κ2) is 8.05. The van der Waals surface area contributed by atoms with Crippen LogP contribution in [0.4, 0.5) is 5.69 Å². The number of thiophene rings is 1. The fourth-order valence-electron chi connectivity index (χ4n) is 3.53. The summed E-state index contributed by atoms with van der Waals surface area (Å²) in [4.78, 5) is 31.5. The Hall–Kier alpha value is -2.78. The summed E-state index contributed by atoms with van der Waals surface area (Å²) in [7, 11) is 0. The van der Waals surface area contributed by atoms with E-state index in [0.29, 0.717) is 34.8 Å². The Bertz CT molecular complexity index is 1250. The molecular weight excluding hydrogens is 434 g/mol. The zero-order chi connectivity index (χ0) is 21.5. The summed E-state index contributed by atoms with van der Waals surface area (Å²) < 4.78 is 12.3. The summed E-state index contributed by atoms with van der Waals surface area (Å²) in [5, 5.41) is 5.73. The van der Waals surface area contributed by atoms with Crippen LogP contribution in [0, 0.1) is 0 Å². The minimum Gasteiger partial charge on any atom is -0.454 e. The van der Waals surface area contributed by atoms with Crippen LogP contribution in [0.15, 0.2) is 46.2 Å². The Balaban J connectivity index is 1.39. The molecule has 1 amide bonds. The molecule has 0 radical (unpaired) electrons. The molecule has 7 nitrogen and oxygen atoms in total. The number of carbonyl (C=O) groups is 1. The molecule has 1 atom stereocenters. The molecule has 2 aliphatic rings. The van der Waals surface area contributed by atoms with Gasteiger partial charge in [-0.05, 0) is 48.8 Å². The van der Waals surface area contributed by atoms with Gasteiger partial charge in [-0.3, -0.25) is 14.2 Å². The molecule has 5 rings (SSSR count). The minimum atomic E-state index is -0.464. The molecular formula is C22H21N3O4S2. The van der Waals surface area contributed by atoms with E-state index in [-0.39, 0.29) is 18.3 Å². The number of amides is 1. The van der Waals surface area contributed by atoms with E-state index in [1.54, 1.807) is 35.8 Å². The highest BCUT2D eigenvalue weighted by Crippen LogP contribution is 2.44. The quantitative estimate of drug-likeness (QED) is 0.324. The van der Waals surface area contributed by atoms with Gasteiger partial charge in [0.05, 0.1) is 10.6 Å². The number of rotatable bonds is 7. The van der Waals surface area contributed by atoms with Gasteiger partial charge in [-0.15, -0.1) is 17.9 Å². The van der Waals surface area contributed by atoms with Crippen LogP contribution in [-0.4, -0.2) is 27.5 Å². The molecule has 1 N–H and O–H groups in total. The van der Waals surface area contributed by atoms with E-state index >= 15 is 0 Å². The number of fused-ring (bicyclic) bond motifs is 2. The first-order valence-electron chi connectivity index (χ1n) is 10.0. The zero-order valence-corrected chi connectivity index (χ0v) is 18.6. The maximum atomic E-state index is 13.2. The Labute approximate surface area is 187 Å². The van der Waals surface area contributed by atoms with Gasteiger partial charge < -0.3 is 14.8 Å². The van der Waals surface area contributed by atoms with Gasteiger partial charge in [0.15, 0.2) is 16.7 Å². The normalized spacial score (nSPS) is 15.8. The maximum absolute atomic E-state index is 13.2. The zero-order valence-electron chi connectivity index (χ0n) is 16.9. The molecule has 2 aromatic heterocycles. The number of ether oxygens (including phenoxy) is 2. The van der Waals surface area contributed by atoms with Crippen molar-refractivity contribution < 1.29 is 14.3 Å². The van der Waals surface area contributed by atoms with Gasteiger partial charge in [-0.2, -0.15) is 0 Å². The van der Waals surface area contributed by atoms with Crippen molar-refractivity contribution in [3.05, 3.63) is 52.2 Å². The number of aromatic nitrogens is 2. The highest BCUT2D eigenvalue weighted by atomic mass is 32.2. The molecule has 1 aliphatic heterocycles. The molecule has 0 spiro atoms. The fraction of sp³-hybridized carbons (Fsp3) is 0.318. The van der Waals surface area contributed by atoms with Crippen LogP contribution in [0.3, 0.4) is 0 Å². The van der Waals surface area contributed by atoms with Gasteiger partial charge in [0.1, 0.15) is 4.83 Å². The molecule has 3 aromatic rings. The third-order valence-electron chi connectivity index (χ3n) is 5.31. The summed E-state index contributed by atoms with van der Waals surface area (Å²) in [5.74, 6) is 1.56. The molecule has 1 aromatic carbocycles. The number of thioether (sulfide) groups is 1. The Morgan fingerprint density at radius 2 is 2.23 bits per heavy atom. The van der Waals surface area contributed by atoms with Crippen molar-refractivity contribution in [1.29, 1.82) is 0 Å². The van der Waals surface area contributed by atoms with Crippen LogP contribution in [0.1, 0.15) is 31.2 Å². The smallest absolute Gasteiger partial charge is 0.263 e. The van der Waals surface area contributed by atoms with Crippen molar-refractivity contribution in [3.63, 3.8) is 0 Å². The molecule has 160 valence electrons. The van der Waals surface area contributed by atoms with Gasteiger partial charge in [-0.25, -0.2) is 4.98 Å². The lowest BCUT2D eigenvalue weighted by molar-refractivity contribution is -0.115. The number of nitrogens with one attached hydrogen (secondary N) is 1. The lowest BCUT2D eigenvalue weighted by atomic mass is 10.1. The summed E-state index contributed by atoms with van der Waals surface area (Å²) >= 11 is 2.76. The highest BCUT2D eigenvalue weighted by Gasteiger charge is 2.29. The molecule has 1 unspecified atom stereocenters. The number of carbonyl (C=O) groups excluding carboxylic acids is 1. The number of hydrogen-bond donors (Lipinski definition) is 1. The fourth-order valence-corrected chi connectivity index (χ4v) is 5.51. The van der Waals surface area contributed by atoms with Gasteiger partial charge in [-0.1, -0.05) is 17.8 Å². The largest absolute Gasteiger partial charge is 0.454 e. The van der Waals surface area contributed by atoms with E-state index < -0.39 is 5.25 Å². The number of benzene rings is 1. The number of hydrogen-bond acceptors (Lipinski definition) is 7. The Kier molecular flexibility index (Phi) is 5.23. The minimum absolute atomic E-state index is 0.0565. The topological polar surface area (TPSA) is 82.5 Å². The van der Waals surface area contributed by atoms with Crippen molar-refractivity contribution in [2.24, 2.45) is 0 Å². The standard InChI is InChI=1S/C22H21N3O4S2/c1-3-8-25-21(27)18-15(13-4-5-13)10-30-20(18)24-22(25)31-12(2)19(26)23-14-6-7-16-17(9-14)29-11-28-16/h3,6-7,9-10,12-13H,1,4-5,8,11H2,2H3,(H,23,26). The first-order valence-corrected chi connectivity index (χ1v) is 11.8. The van der Waals surface area contributed by atoms with Crippen molar-refractivity contribution in [1.82, 2.24) is 9.55 Å². The molecule has 3 heterocycles. The van der Waals surface area contributed by atoms with E-state index in [4.69, 9.17) is 14.5 Å². The highest BCUT2D eigenvalue weighted by molar-refractivity contribution is 8.00. The Morgan fingerprint density at radius 1 is 1.42 bits per heavy atom. The van der Waals surface area contributed by atoms with Crippen LogP contribution in [-0.2, 0) is 11.3 Å². The van der Waals surface area contributed by atoms with Gasteiger partial charge in [0.2, 0.25) is 12.7 Å². The molecule has 1 aliphatic carbocycles. The van der Waals surface area contributed by atoms with Crippen molar-refractivity contribution in [3.8, 4) is 11.5 Å². The molecule has 31 heavy (non-hydrogen) atoms. The van der Waals surface area contributed by atoms with E-state index in [2.05, 4.69) is 17.3 Å². The Morgan fingerprint density at radius 3 is 3.00 bits per heavy atom. The maximum Gasteiger partial charge on any atom is 0.263 e. The van der Waals surface area contributed by atoms with Crippen molar-refractivity contribution >= 4 is 44.9 Å². The van der Waals surface area contributed by atoms with Crippen LogP contribution in [0.5, 0.6) is 11.5 Å². The van der Waals surface area contributed by atoms with Gasteiger partial charge in [0, 0.05) is 18.3 Å². The first kappa shape index (κ1) is 20.1. The first-order chi connectivity index (χ1) is 15.0. The average Bonchev–Trinajstić information content (AvgIpc) is 3.33. The van der Waals surface area contributed by atoms with Crippen LogP contribution < -0.4 is 20.3 Å². The van der Waals surface area contributed by atoms with E-state index in [0.717, 1.165) is 28.6 Å². The lowest BCUT2D eigenvalue weighted by Gasteiger charge is -2.15. The van der Waals surface area contributed by atoms with Crippen LogP contribution in [0.2, 0.25) is 0 Å². The molecule has 1 fully saturated rings. The predicted molar refractivity (Wildman–Crippen MR) is 123 cm³/mol. The molecule has 9 heteroatoms. The van der Waals surface area contributed by atoms with Gasteiger partial charge in [0.25, 0.3) is 5.56 Å². The number of anilines is 1. The summed E-state index contributed by atoms with van der Waals surface area (Å²) in [6, 6.07) is 5.27. The monoisotopic (exact) mass is 455 g/mol. The van der Waals surface area contributed by atoms with E-state index in [1.165, 1.54) is 23.1 Å². The average molecular weight is 456 g/mol. The van der Waals surface area contributed by atoms with Gasteiger partial charge >= 0.3 is 0 Å². The van der Waals surface area contributed by atoms with Crippen LogP contribution >= 0.6 is 23.1 Å². The number of nitrogens with zero attached hydrogens (tertiary/aromatic N) is 2. The molecule has 0 bridgehead atoms. The SMILES string of the molecule is C=CCn1c(SC(C)C(=O)Nc2ccc3c(c2)OCO3)nc2scc(C3CC3)c2c1=O. The molecule has 1 saturated carbocycles.